The molecule has 1 aromatic carbocycles. The summed E-state index contributed by atoms with van der Waals surface area (Å²) in [7, 11) is 0. The summed E-state index contributed by atoms with van der Waals surface area (Å²) in [6.07, 6.45) is 1.17. The van der Waals surface area contributed by atoms with E-state index in [9.17, 15) is 9.59 Å². The number of carbonyl (C=O) groups excluding carboxylic acids is 1. The molecular formula is C13H15NO4. The first-order valence-electron chi connectivity index (χ1n) is 5.87. The molecule has 2 rings (SSSR count). The van der Waals surface area contributed by atoms with Crippen LogP contribution in [0.1, 0.15) is 28.8 Å². The molecule has 1 aliphatic rings. The van der Waals surface area contributed by atoms with Crippen molar-refractivity contribution in [3.8, 4) is 5.75 Å². The third-order valence-corrected chi connectivity index (χ3v) is 2.99. The zero-order valence-electron chi connectivity index (χ0n) is 9.89. The van der Waals surface area contributed by atoms with Crippen molar-refractivity contribution >= 4 is 11.8 Å². The molecular weight excluding hydrogens is 234 g/mol. The van der Waals surface area contributed by atoms with Crippen molar-refractivity contribution in [1.29, 1.82) is 0 Å². The first-order chi connectivity index (χ1) is 8.61. The lowest BCUT2D eigenvalue weighted by Gasteiger charge is -2.18. The smallest absolute Gasteiger partial charge is 0.346 e. The molecule has 96 valence electrons. The van der Waals surface area contributed by atoms with Crippen molar-refractivity contribution in [1.82, 2.24) is 0 Å². The van der Waals surface area contributed by atoms with Gasteiger partial charge in [-0.15, -0.1) is 0 Å². The van der Waals surface area contributed by atoms with Crippen molar-refractivity contribution < 1.29 is 19.4 Å². The van der Waals surface area contributed by atoms with Gasteiger partial charge in [-0.05, 0) is 36.6 Å². The summed E-state index contributed by atoms with van der Waals surface area (Å²) in [5.41, 5.74) is 6.96. The molecule has 5 nitrogen and oxygen atoms in total. The summed E-state index contributed by atoms with van der Waals surface area (Å²) in [5, 5.41) is 8.86. The molecule has 1 unspecified atom stereocenters. The Morgan fingerprint density at radius 1 is 1.44 bits per heavy atom. The minimum Gasteiger partial charge on any atom is -0.478 e. The van der Waals surface area contributed by atoms with Crippen molar-refractivity contribution in [3.05, 3.63) is 29.3 Å². The van der Waals surface area contributed by atoms with Crippen LogP contribution in [-0.4, -0.2) is 29.5 Å². The normalized spacial score (nSPS) is 15.9. The van der Waals surface area contributed by atoms with Gasteiger partial charge in [0, 0.05) is 18.5 Å². The lowest BCUT2D eigenvalue weighted by Crippen LogP contribution is -2.34. The minimum atomic E-state index is -1.09. The highest BCUT2D eigenvalue weighted by Crippen LogP contribution is 2.25. The average Bonchev–Trinajstić information content (AvgIpc) is 2.35. The van der Waals surface area contributed by atoms with E-state index in [0.29, 0.717) is 17.7 Å². The molecule has 0 saturated carbocycles. The lowest BCUT2D eigenvalue weighted by atomic mass is 9.90. The summed E-state index contributed by atoms with van der Waals surface area (Å²) in [6, 6.07) is 5.05. The molecule has 0 bridgehead atoms. The van der Waals surface area contributed by atoms with Crippen LogP contribution in [0.4, 0.5) is 0 Å². The maximum atomic E-state index is 11.6. The summed E-state index contributed by atoms with van der Waals surface area (Å²) in [6.45, 7) is -0.0919. The Hall–Kier alpha value is -1.88. The third kappa shape index (κ3) is 2.51. The molecule has 0 spiro atoms. The van der Waals surface area contributed by atoms with Crippen molar-refractivity contribution in [2.75, 3.05) is 6.54 Å². The predicted molar refractivity (Wildman–Crippen MR) is 64.8 cm³/mol. The topological polar surface area (TPSA) is 89.6 Å². The first kappa shape index (κ1) is 12.6. The number of nitrogens with two attached hydrogens (primary N) is 1. The standard InChI is InChI=1S/C13H15NO4/c14-7-12(13(16)17)18-9-4-5-10-8(6-9)2-1-3-11(10)15/h4-6,12H,1-3,7,14H2,(H,16,17). The van der Waals surface area contributed by atoms with Gasteiger partial charge in [0.05, 0.1) is 0 Å². The highest BCUT2D eigenvalue weighted by molar-refractivity contribution is 5.98. The van der Waals surface area contributed by atoms with Crippen LogP contribution in [-0.2, 0) is 11.2 Å². The highest BCUT2D eigenvalue weighted by atomic mass is 16.5. The van der Waals surface area contributed by atoms with Crippen LogP contribution in [0.15, 0.2) is 18.2 Å². The average molecular weight is 249 g/mol. The number of carboxylic acids is 1. The predicted octanol–water partition coefficient (Wildman–Crippen LogP) is 0.996. The number of ketones is 1. The number of benzene rings is 1. The Morgan fingerprint density at radius 3 is 2.89 bits per heavy atom. The van der Waals surface area contributed by atoms with E-state index in [2.05, 4.69) is 0 Å². The van der Waals surface area contributed by atoms with E-state index in [1.165, 1.54) is 0 Å². The van der Waals surface area contributed by atoms with Crippen LogP contribution in [0, 0.1) is 0 Å². The molecule has 0 heterocycles. The number of Topliss-reactive ketones (excluding diaryl/α,β-unsaturated/α-hetero) is 1. The van der Waals surface area contributed by atoms with E-state index in [-0.39, 0.29) is 12.3 Å². The van der Waals surface area contributed by atoms with Crippen LogP contribution in [0.2, 0.25) is 0 Å². The molecule has 1 atom stereocenters. The number of aliphatic carboxylic acids is 1. The second-order valence-corrected chi connectivity index (χ2v) is 4.28. The zero-order chi connectivity index (χ0) is 13.1. The quantitative estimate of drug-likeness (QED) is 0.830. The maximum absolute atomic E-state index is 11.6. The Kier molecular flexibility index (Phi) is 3.62. The monoisotopic (exact) mass is 249 g/mol. The fraction of sp³-hybridized carbons (Fsp3) is 0.385. The van der Waals surface area contributed by atoms with Crippen LogP contribution in [0.25, 0.3) is 0 Å². The minimum absolute atomic E-state index is 0.0919. The van der Waals surface area contributed by atoms with Gasteiger partial charge >= 0.3 is 5.97 Å². The van der Waals surface area contributed by atoms with Gasteiger partial charge in [-0.3, -0.25) is 4.79 Å². The number of hydrogen-bond acceptors (Lipinski definition) is 4. The van der Waals surface area contributed by atoms with Gasteiger partial charge in [0.25, 0.3) is 0 Å². The SMILES string of the molecule is NCC(Oc1ccc2c(c1)CCCC2=O)C(=O)O. The summed E-state index contributed by atoms with van der Waals surface area (Å²) in [4.78, 5) is 22.4. The molecule has 5 heteroatoms. The third-order valence-electron chi connectivity index (χ3n) is 2.99. The van der Waals surface area contributed by atoms with Crippen molar-refractivity contribution in [2.24, 2.45) is 5.73 Å². The largest absolute Gasteiger partial charge is 0.478 e. The molecule has 0 aromatic heterocycles. The van der Waals surface area contributed by atoms with E-state index in [0.717, 1.165) is 18.4 Å². The molecule has 1 aromatic rings. The summed E-state index contributed by atoms with van der Waals surface area (Å²) in [5.74, 6) is -0.510. The number of fused-ring (bicyclic) bond motifs is 1. The van der Waals surface area contributed by atoms with E-state index in [1.807, 2.05) is 0 Å². The summed E-state index contributed by atoms with van der Waals surface area (Å²) < 4.78 is 5.29. The fourth-order valence-electron chi connectivity index (χ4n) is 2.06. The lowest BCUT2D eigenvalue weighted by molar-refractivity contribution is -0.144. The van der Waals surface area contributed by atoms with Crippen LogP contribution < -0.4 is 10.5 Å². The molecule has 0 radical (unpaired) electrons. The van der Waals surface area contributed by atoms with E-state index in [1.54, 1.807) is 18.2 Å². The van der Waals surface area contributed by atoms with Crippen LogP contribution in [0.3, 0.4) is 0 Å². The Bertz CT molecular complexity index is 484. The van der Waals surface area contributed by atoms with E-state index >= 15 is 0 Å². The molecule has 0 amide bonds. The second-order valence-electron chi connectivity index (χ2n) is 4.28. The van der Waals surface area contributed by atoms with Crippen LogP contribution >= 0.6 is 0 Å². The Balaban J connectivity index is 2.21. The highest BCUT2D eigenvalue weighted by Gasteiger charge is 2.20. The van der Waals surface area contributed by atoms with Gasteiger partial charge in [0.1, 0.15) is 5.75 Å². The van der Waals surface area contributed by atoms with Gasteiger partial charge in [-0.1, -0.05) is 0 Å². The van der Waals surface area contributed by atoms with Gasteiger partial charge in [0.15, 0.2) is 5.78 Å². The van der Waals surface area contributed by atoms with Gasteiger partial charge < -0.3 is 15.6 Å². The van der Waals surface area contributed by atoms with E-state index < -0.39 is 12.1 Å². The maximum Gasteiger partial charge on any atom is 0.346 e. The number of hydrogen-bond donors (Lipinski definition) is 2. The number of carboxylic acid groups (broad SMARTS) is 1. The van der Waals surface area contributed by atoms with E-state index in [4.69, 9.17) is 15.6 Å². The van der Waals surface area contributed by atoms with Gasteiger partial charge in [-0.25, -0.2) is 4.79 Å². The van der Waals surface area contributed by atoms with Crippen molar-refractivity contribution in [3.63, 3.8) is 0 Å². The zero-order valence-corrected chi connectivity index (χ0v) is 9.89. The number of carbonyl (C=O) groups is 2. The molecule has 3 N–H and O–H groups in total. The van der Waals surface area contributed by atoms with Gasteiger partial charge in [0.2, 0.25) is 6.10 Å². The molecule has 18 heavy (non-hydrogen) atoms. The van der Waals surface area contributed by atoms with Gasteiger partial charge in [-0.2, -0.15) is 0 Å². The fourth-order valence-corrected chi connectivity index (χ4v) is 2.06. The molecule has 0 saturated heterocycles. The second kappa shape index (κ2) is 5.18. The molecule has 0 aliphatic heterocycles. The Morgan fingerprint density at radius 2 is 2.22 bits per heavy atom. The molecule has 0 fully saturated rings. The number of rotatable bonds is 4. The first-order valence-corrected chi connectivity index (χ1v) is 5.87. The van der Waals surface area contributed by atoms with Crippen molar-refractivity contribution in [2.45, 2.75) is 25.4 Å². The Labute approximate surface area is 105 Å². The molecule has 1 aliphatic carbocycles. The van der Waals surface area contributed by atoms with Crippen LogP contribution in [0.5, 0.6) is 5.75 Å². The number of aryl methyl sites for hydroxylation is 1. The number of ether oxygens (including phenoxy) is 1. The summed E-state index contributed by atoms with van der Waals surface area (Å²) >= 11 is 0.